The van der Waals surface area contributed by atoms with Crippen LogP contribution >= 0.6 is 15.9 Å². The van der Waals surface area contributed by atoms with Gasteiger partial charge in [0.05, 0.1) is 4.47 Å². The van der Waals surface area contributed by atoms with Crippen LogP contribution in [0.5, 0.6) is 0 Å². The molecule has 1 nitrogen and oxygen atoms in total. The summed E-state index contributed by atoms with van der Waals surface area (Å²) < 4.78 is 13.6. The smallest absolute Gasteiger partial charge is 0.137 e. The first-order valence-corrected chi connectivity index (χ1v) is 5.90. The third-order valence-electron chi connectivity index (χ3n) is 2.63. The van der Waals surface area contributed by atoms with E-state index < -0.39 is 0 Å². The lowest BCUT2D eigenvalue weighted by atomic mass is 10.1. The molecule has 80 valence electrons. The Kier molecular flexibility index (Phi) is 3.19. The molecule has 3 heteroatoms. The van der Waals surface area contributed by atoms with Gasteiger partial charge in [-0.15, -0.1) is 0 Å². The van der Waals surface area contributed by atoms with Crippen LogP contribution in [-0.2, 0) is 11.2 Å². The third kappa shape index (κ3) is 2.88. The minimum Gasteiger partial charge on any atom is -0.299 e. The minimum absolute atomic E-state index is 0.212. The summed E-state index contributed by atoms with van der Waals surface area (Å²) in [5.41, 5.74) is 0.751. The molecule has 0 spiro atoms. The van der Waals surface area contributed by atoms with Crippen LogP contribution < -0.4 is 0 Å². The van der Waals surface area contributed by atoms with Gasteiger partial charge in [-0.05, 0) is 46.3 Å². The number of carbonyl (C=O) groups excluding carboxylic acids is 1. The first kappa shape index (κ1) is 10.8. The van der Waals surface area contributed by atoms with Gasteiger partial charge in [0.1, 0.15) is 11.6 Å². The van der Waals surface area contributed by atoms with E-state index in [1.807, 2.05) is 0 Å². The van der Waals surface area contributed by atoms with E-state index in [4.69, 9.17) is 0 Å². The zero-order valence-corrected chi connectivity index (χ0v) is 9.89. The Balaban J connectivity index is 2.02. The van der Waals surface area contributed by atoms with Crippen LogP contribution in [-0.4, -0.2) is 5.78 Å². The number of ketones is 1. The fourth-order valence-electron chi connectivity index (χ4n) is 1.61. The summed E-state index contributed by atoms with van der Waals surface area (Å²) in [6, 6.07) is 4.82. The highest BCUT2D eigenvalue weighted by atomic mass is 79.9. The van der Waals surface area contributed by atoms with Crippen molar-refractivity contribution in [1.29, 1.82) is 0 Å². The Labute approximate surface area is 96.8 Å². The maximum Gasteiger partial charge on any atom is 0.137 e. The summed E-state index contributed by atoms with van der Waals surface area (Å²) in [5, 5.41) is 0. The van der Waals surface area contributed by atoms with Gasteiger partial charge in [0.2, 0.25) is 0 Å². The summed E-state index contributed by atoms with van der Waals surface area (Å²) in [6.45, 7) is 0. The van der Waals surface area contributed by atoms with Gasteiger partial charge in [0.25, 0.3) is 0 Å². The predicted molar refractivity (Wildman–Crippen MR) is 60.2 cm³/mol. The molecule has 2 rings (SSSR count). The van der Waals surface area contributed by atoms with Gasteiger partial charge in [-0.3, -0.25) is 4.79 Å². The molecule has 0 unspecified atom stereocenters. The predicted octanol–water partition coefficient (Wildman–Crippen LogP) is 3.50. The molecule has 15 heavy (non-hydrogen) atoms. The van der Waals surface area contributed by atoms with Gasteiger partial charge in [-0.1, -0.05) is 12.1 Å². The summed E-state index contributed by atoms with van der Waals surface area (Å²) in [5.74, 6) is 0.514. The molecule has 0 heterocycles. The molecule has 0 aromatic heterocycles. The van der Waals surface area contributed by atoms with Crippen molar-refractivity contribution in [2.24, 2.45) is 5.92 Å². The van der Waals surface area contributed by atoms with Crippen molar-refractivity contribution in [3.63, 3.8) is 0 Å². The van der Waals surface area contributed by atoms with E-state index in [2.05, 4.69) is 15.9 Å². The molecule has 1 aromatic rings. The average Bonchev–Trinajstić information content (AvgIpc) is 2.97. The second-order valence-electron chi connectivity index (χ2n) is 4.08. The van der Waals surface area contributed by atoms with E-state index in [1.165, 1.54) is 18.9 Å². The standard InChI is InChI=1S/C12H12BrFO/c13-12-9(2-1-3-11(12)14)7-10(15)6-8-4-5-8/h1-3,8H,4-7H2. The highest BCUT2D eigenvalue weighted by molar-refractivity contribution is 9.10. The average molecular weight is 271 g/mol. The summed E-state index contributed by atoms with van der Waals surface area (Å²) in [6.07, 6.45) is 3.35. The molecule has 1 aliphatic carbocycles. The van der Waals surface area contributed by atoms with Crippen LogP contribution in [0.2, 0.25) is 0 Å². The zero-order valence-electron chi connectivity index (χ0n) is 8.30. The fraction of sp³-hybridized carbons (Fsp3) is 0.417. The number of benzene rings is 1. The van der Waals surface area contributed by atoms with Gasteiger partial charge in [-0.2, -0.15) is 0 Å². The Morgan fingerprint density at radius 2 is 2.20 bits per heavy atom. The highest BCUT2D eigenvalue weighted by Gasteiger charge is 2.24. The van der Waals surface area contributed by atoms with Crippen molar-refractivity contribution in [1.82, 2.24) is 0 Å². The van der Waals surface area contributed by atoms with Crippen LogP contribution in [0.4, 0.5) is 4.39 Å². The highest BCUT2D eigenvalue weighted by Crippen LogP contribution is 2.33. The Bertz CT molecular complexity index is 385. The van der Waals surface area contributed by atoms with Crippen molar-refractivity contribution in [2.45, 2.75) is 25.7 Å². The number of hydrogen-bond donors (Lipinski definition) is 0. The van der Waals surface area contributed by atoms with Gasteiger partial charge in [-0.25, -0.2) is 4.39 Å². The lowest BCUT2D eigenvalue weighted by molar-refractivity contribution is -0.118. The summed E-state index contributed by atoms with van der Waals surface area (Å²) >= 11 is 3.16. The molecule has 0 aliphatic heterocycles. The Morgan fingerprint density at radius 3 is 2.87 bits per heavy atom. The largest absolute Gasteiger partial charge is 0.299 e. The number of halogens is 2. The monoisotopic (exact) mass is 270 g/mol. The van der Waals surface area contributed by atoms with E-state index in [9.17, 15) is 9.18 Å². The van der Waals surface area contributed by atoms with Crippen molar-refractivity contribution in [3.8, 4) is 0 Å². The van der Waals surface area contributed by atoms with E-state index in [0.29, 0.717) is 23.2 Å². The van der Waals surface area contributed by atoms with Crippen LogP contribution in [0.15, 0.2) is 22.7 Å². The maximum atomic E-state index is 13.1. The molecule has 0 N–H and O–H groups in total. The minimum atomic E-state index is -0.299. The molecule has 1 aliphatic rings. The number of Topliss-reactive ketones (excluding diaryl/α,β-unsaturated/α-hetero) is 1. The number of carbonyl (C=O) groups is 1. The molecule has 0 saturated heterocycles. The zero-order chi connectivity index (χ0) is 10.8. The lowest BCUT2D eigenvalue weighted by Crippen LogP contribution is -2.04. The van der Waals surface area contributed by atoms with Crippen molar-refractivity contribution < 1.29 is 9.18 Å². The van der Waals surface area contributed by atoms with E-state index in [-0.39, 0.29) is 11.6 Å². The Morgan fingerprint density at radius 1 is 1.47 bits per heavy atom. The molecule has 1 fully saturated rings. The Hall–Kier alpha value is -0.700. The first-order chi connectivity index (χ1) is 7.16. The van der Waals surface area contributed by atoms with Crippen LogP contribution in [0, 0.1) is 11.7 Å². The van der Waals surface area contributed by atoms with Gasteiger partial charge >= 0.3 is 0 Å². The summed E-state index contributed by atoms with van der Waals surface area (Å²) in [7, 11) is 0. The molecular formula is C12H12BrFO. The van der Waals surface area contributed by atoms with Crippen molar-refractivity contribution in [3.05, 3.63) is 34.1 Å². The molecule has 0 amide bonds. The molecule has 0 bridgehead atoms. The first-order valence-electron chi connectivity index (χ1n) is 5.11. The molecule has 1 aromatic carbocycles. The molecule has 1 saturated carbocycles. The SMILES string of the molecule is O=C(Cc1cccc(F)c1Br)CC1CC1. The molecular weight excluding hydrogens is 259 g/mol. The normalized spacial score (nSPS) is 15.3. The van der Waals surface area contributed by atoms with Crippen molar-refractivity contribution in [2.75, 3.05) is 0 Å². The molecule has 0 radical (unpaired) electrons. The quantitative estimate of drug-likeness (QED) is 0.819. The number of rotatable bonds is 4. The van der Waals surface area contributed by atoms with E-state index in [0.717, 1.165) is 5.56 Å². The van der Waals surface area contributed by atoms with Gasteiger partial charge in [0.15, 0.2) is 0 Å². The van der Waals surface area contributed by atoms with Crippen LogP contribution in [0.25, 0.3) is 0 Å². The topological polar surface area (TPSA) is 17.1 Å². The van der Waals surface area contributed by atoms with Crippen LogP contribution in [0.1, 0.15) is 24.8 Å². The van der Waals surface area contributed by atoms with E-state index >= 15 is 0 Å². The summed E-state index contributed by atoms with van der Waals surface area (Å²) in [4.78, 5) is 11.6. The van der Waals surface area contributed by atoms with E-state index in [1.54, 1.807) is 12.1 Å². The second kappa shape index (κ2) is 4.44. The van der Waals surface area contributed by atoms with Gasteiger partial charge in [0, 0.05) is 12.8 Å². The van der Waals surface area contributed by atoms with Gasteiger partial charge < -0.3 is 0 Å². The third-order valence-corrected chi connectivity index (χ3v) is 3.52. The number of hydrogen-bond acceptors (Lipinski definition) is 1. The second-order valence-corrected chi connectivity index (χ2v) is 4.87. The lowest BCUT2D eigenvalue weighted by Gasteiger charge is -2.04. The fourth-order valence-corrected chi connectivity index (χ4v) is 2.02. The van der Waals surface area contributed by atoms with Crippen molar-refractivity contribution >= 4 is 21.7 Å². The van der Waals surface area contributed by atoms with Crippen LogP contribution in [0.3, 0.4) is 0 Å². The maximum absolute atomic E-state index is 13.1. The molecule has 0 atom stereocenters.